The Balaban J connectivity index is 1.08. The number of thiazole rings is 1. The minimum absolute atomic E-state index is 0.0307. The molecule has 8 nitrogen and oxygen atoms in total. The number of carbonyl (C=O) groups excluding carboxylic acids is 2. The van der Waals surface area contributed by atoms with Crippen LogP contribution in [0.1, 0.15) is 25.7 Å². The van der Waals surface area contributed by atoms with Gasteiger partial charge in [0.15, 0.2) is 5.01 Å². The second-order valence-corrected chi connectivity index (χ2v) is 10.3. The molecule has 2 aromatic heterocycles. The lowest BCUT2D eigenvalue weighted by Crippen LogP contribution is -2.64. The average Bonchev–Trinajstić information content (AvgIpc) is 3.57. The molecule has 2 saturated heterocycles. The molecule has 0 N–H and O–H groups in total. The van der Waals surface area contributed by atoms with Crippen LogP contribution in [0.5, 0.6) is 0 Å². The van der Waals surface area contributed by atoms with Crippen molar-refractivity contribution in [2.75, 3.05) is 39.3 Å². The van der Waals surface area contributed by atoms with Crippen LogP contribution in [-0.4, -0.2) is 86.6 Å². The van der Waals surface area contributed by atoms with Crippen molar-refractivity contribution in [3.63, 3.8) is 0 Å². The number of piperazine rings is 1. The van der Waals surface area contributed by atoms with E-state index in [1.54, 1.807) is 46.9 Å². The van der Waals surface area contributed by atoms with Gasteiger partial charge in [0.25, 0.3) is 11.8 Å². The minimum atomic E-state index is -4.44. The lowest BCUT2D eigenvalue weighted by Gasteiger charge is -2.48. The number of halogens is 3. The van der Waals surface area contributed by atoms with Gasteiger partial charge in [0.1, 0.15) is 0 Å². The molecule has 0 atom stereocenters. The number of aromatic nitrogens is 3. The first kappa shape index (κ1) is 24.6. The van der Waals surface area contributed by atoms with E-state index in [1.165, 1.54) is 22.1 Å². The van der Waals surface area contributed by atoms with Gasteiger partial charge < -0.3 is 9.80 Å². The molecular formula is C26H23F3N6O2S. The van der Waals surface area contributed by atoms with Crippen molar-refractivity contribution in [2.45, 2.75) is 12.2 Å². The van der Waals surface area contributed by atoms with Crippen LogP contribution in [0.3, 0.4) is 0 Å². The maximum absolute atomic E-state index is 13.1. The van der Waals surface area contributed by atoms with Crippen molar-refractivity contribution >= 4 is 34.1 Å². The Hall–Kier alpha value is -3.77. The van der Waals surface area contributed by atoms with E-state index in [4.69, 9.17) is 0 Å². The topological polar surface area (TPSA) is 74.6 Å². The summed E-state index contributed by atoms with van der Waals surface area (Å²) in [5, 5.41) is 7.24. The van der Waals surface area contributed by atoms with Crippen LogP contribution in [0.25, 0.3) is 16.6 Å². The Kier molecular flexibility index (Phi) is 6.15. The minimum Gasteiger partial charge on any atom is -0.335 e. The van der Waals surface area contributed by atoms with Gasteiger partial charge in [-0.2, -0.15) is 18.3 Å². The highest BCUT2D eigenvalue weighted by atomic mass is 32.1. The number of hydrogen-bond donors (Lipinski definition) is 0. The van der Waals surface area contributed by atoms with Gasteiger partial charge in [-0.15, -0.1) is 11.3 Å². The number of nitrogens with zero attached hydrogens (tertiary/aromatic N) is 6. The van der Waals surface area contributed by atoms with E-state index in [0.717, 1.165) is 25.2 Å². The summed E-state index contributed by atoms with van der Waals surface area (Å²) in [5.74, 6) is -0.121. The smallest absolute Gasteiger partial charge is 0.335 e. The molecule has 0 spiro atoms. The summed E-state index contributed by atoms with van der Waals surface area (Å²) in [6, 6.07) is 10.4. The molecule has 0 saturated carbocycles. The summed E-state index contributed by atoms with van der Waals surface area (Å²) in [4.78, 5) is 35.6. The van der Waals surface area contributed by atoms with E-state index in [0.29, 0.717) is 53.3 Å². The molecule has 0 radical (unpaired) electrons. The van der Waals surface area contributed by atoms with E-state index in [9.17, 15) is 22.8 Å². The molecule has 2 aliphatic rings. The van der Waals surface area contributed by atoms with Crippen LogP contribution in [0.4, 0.5) is 13.2 Å². The molecule has 2 amide bonds. The van der Waals surface area contributed by atoms with Gasteiger partial charge in [0.2, 0.25) is 0 Å². The Bertz CT molecular complexity index is 1490. The molecule has 4 aromatic rings. The van der Waals surface area contributed by atoms with E-state index in [-0.39, 0.29) is 17.9 Å². The largest absolute Gasteiger partial charge is 0.416 e. The van der Waals surface area contributed by atoms with Crippen LogP contribution < -0.4 is 0 Å². The van der Waals surface area contributed by atoms with Crippen molar-refractivity contribution in [1.82, 2.24) is 29.5 Å². The number of rotatable bonds is 4. The monoisotopic (exact) mass is 540 g/mol. The van der Waals surface area contributed by atoms with E-state index >= 15 is 0 Å². The number of fused-ring (bicyclic) bond motifs is 1. The molecule has 2 aromatic carbocycles. The number of carbonyl (C=O) groups is 2. The average molecular weight is 541 g/mol. The molecule has 0 aliphatic carbocycles. The number of benzene rings is 2. The zero-order valence-corrected chi connectivity index (χ0v) is 21.0. The quantitative estimate of drug-likeness (QED) is 0.394. The van der Waals surface area contributed by atoms with E-state index < -0.39 is 11.7 Å². The first-order valence-electron chi connectivity index (χ1n) is 12.2. The summed E-state index contributed by atoms with van der Waals surface area (Å²) in [6.45, 7) is 4.00. The third-order valence-electron chi connectivity index (χ3n) is 7.12. The normalized spacial score (nSPS) is 17.1. The lowest BCUT2D eigenvalue weighted by atomic mass is 10.0. The molecule has 12 heteroatoms. The van der Waals surface area contributed by atoms with Crippen molar-refractivity contribution in [1.29, 1.82) is 0 Å². The molecule has 38 heavy (non-hydrogen) atoms. The van der Waals surface area contributed by atoms with Gasteiger partial charge in [0.05, 0.1) is 23.0 Å². The molecule has 4 heterocycles. The second-order valence-electron chi connectivity index (χ2n) is 9.41. The first-order chi connectivity index (χ1) is 18.3. The third kappa shape index (κ3) is 4.54. The Morgan fingerprint density at radius 3 is 2.45 bits per heavy atom. The fraction of sp³-hybridized carbons (Fsp3) is 0.308. The molecule has 2 fully saturated rings. The fourth-order valence-electron chi connectivity index (χ4n) is 4.97. The molecule has 0 bridgehead atoms. The SMILES string of the molecule is O=C(c1ccc2c(cnn2-c2cccc(C(F)(F)F)c2)c1)N1CC(N2CCN(C(=O)c3nccs3)CC2)C1. The van der Waals surface area contributed by atoms with Crippen molar-refractivity contribution in [3.8, 4) is 5.69 Å². The summed E-state index contributed by atoms with van der Waals surface area (Å²) in [6.07, 6.45) is -1.26. The zero-order chi connectivity index (χ0) is 26.4. The van der Waals surface area contributed by atoms with Crippen LogP contribution in [-0.2, 0) is 6.18 Å². The fourth-order valence-corrected chi connectivity index (χ4v) is 5.58. The highest BCUT2D eigenvalue weighted by molar-refractivity contribution is 7.11. The van der Waals surface area contributed by atoms with Crippen LogP contribution in [0.2, 0.25) is 0 Å². The van der Waals surface area contributed by atoms with Gasteiger partial charge in [-0.3, -0.25) is 14.5 Å². The van der Waals surface area contributed by atoms with Crippen LogP contribution in [0.15, 0.2) is 60.2 Å². The number of amides is 2. The lowest BCUT2D eigenvalue weighted by molar-refractivity contribution is -0.137. The van der Waals surface area contributed by atoms with Crippen molar-refractivity contribution in [2.24, 2.45) is 0 Å². The predicted molar refractivity (Wildman–Crippen MR) is 135 cm³/mol. The summed E-state index contributed by atoms with van der Waals surface area (Å²) in [7, 11) is 0. The maximum atomic E-state index is 13.1. The van der Waals surface area contributed by atoms with Gasteiger partial charge >= 0.3 is 6.18 Å². The molecule has 2 aliphatic heterocycles. The molecule has 0 unspecified atom stereocenters. The van der Waals surface area contributed by atoms with Gasteiger partial charge in [-0.25, -0.2) is 9.67 Å². The third-order valence-corrected chi connectivity index (χ3v) is 7.88. The summed E-state index contributed by atoms with van der Waals surface area (Å²) < 4.78 is 40.8. The summed E-state index contributed by atoms with van der Waals surface area (Å²) in [5.41, 5.74) is 0.684. The van der Waals surface area contributed by atoms with Crippen molar-refractivity contribution in [3.05, 3.63) is 76.4 Å². The van der Waals surface area contributed by atoms with Crippen LogP contribution >= 0.6 is 11.3 Å². The Labute approximate surface area is 219 Å². The first-order valence-corrected chi connectivity index (χ1v) is 13.0. The highest BCUT2D eigenvalue weighted by Crippen LogP contribution is 2.31. The van der Waals surface area contributed by atoms with Gasteiger partial charge in [-0.1, -0.05) is 6.07 Å². The van der Waals surface area contributed by atoms with Gasteiger partial charge in [-0.05, 0) is 36.4 Å². The number of likely N-dealkylation sites (tertiary alicyclic amines) is 1. The van der Waals surface area contributed by atoms with E-state index in [1.807, 2.05) is 4.90 Å². The van der Waals surface area contributed by atoms with E-state index in [2.05, 4.69) is 15.0 Å². The number of alkyl halides is 3. The zero-order valence-electron chi connectivity index (χ0n) is 20.1. The molecule has 6 rings (SSSR count). The molecular weight excluding hydrogens is 517 g/mol. The Morgan fingerprint density at radius 1 is 0.947 bits per heavy atom. The predicted octanol–water partition coefficient (Wildman–Crippen LogP) is 3.78. The second kappa shape index (κ2) is 9.52. The van der Waals surface area contributed by atoms with Gasteiger partial charge in [0, 0.05) is 67.8 Å². The highest BCUT2D eigenvalue weighted by Gasteiger charge is 2.37. The van der Waals surface area contributed by atoms with Crippen LogP contribution in [0, 0.1) is 0 Å². The number of hydrogen-bond acceptors (Lipinski definition) is 6. The maximum Gasteiger partial charge on any atom is 0.416 e. The standard InChI is InChI=1S/C26H23F3N6O2S/c27-26(28,29)19-2-1-3-20(13-19)35-22-5-4-17(12-18(22)14-31-35)24(36)34-15-21(16-34)32-7-9-33(10-8-32)25(37)23-30-6-11-38-23/h1-6,11-14,21H,7-10,15-16H2. The summed E-state index contributed by atoms with van der Waals surface area (Å²) >= 11 is 1.34. The Morgan fingerprint density at radius 2 is 1.74 bits per heavy atom. The van der Waals surface area contributed by atoms with Crippen molar-refractivity contribution < 1.29 is 22.8 Å². The molecule has 196 valence electrons.